The van der Waals surface area contributed by atoms with E-state index in [1.165, 1.54) is 44.9 Å². The van der Waals surface area contributed by atoms with Crippen molar-refractivity contribution in [3.63, 3.8) is 0 Å². The molecule has 0 spiro atoms. The molecule has 0 aromatic heterocycles. The second-order valence-corrected chi connectivity index (χ2v) is 16.0. The maximum absolute atomic E-state index is 12.8. The molecule has 8 nitrogen and oxygen atoms in total. The second-order valence-electron chi connectivity index (χ2n) is 14.6. The van der Waals surface area contributed by atoms with Crippen molar-refractivity contribution in [1.29, 1.82) is 0 Å². The Balaban J connectivity index is 4.68. The average Bonchev–Trinajstić information content (AvgIpc) is 3.12. The van der Waals surface area contributed by atoms with Gasteiger partial charge in [0.1, 0.15) is 13.2 Å². The predicted octanol–water partition coefficient (Wildman–Crippen LogP) is 10.6. The molecule has 0 aliphatic rings. The largest absolute Gasteiger partial charge is 0.756 e. The number of aliphatic hydroxyl groups excluding tert-OH is 1. The molecule has 9 heteroatoms. The normalized spacial score (nSPS) is 15.5. The summed E-state index contributed by atoms with van der Waals surface area (Å²) in [7, 11) is 1.18. The Morgan fingerprint density at radius 3 is 1.70 bits per heavy atom. The van der Waals surface area contributed by atoms with Gasteiger partial charge in [0.25, 0.3) is 7.82 Å². The Morgan fingerprint density at radius 2 is 1.15 bits per heavy atom. The minimum absolute atomic E-state index is 0.0256. The van der Waals surface area contributed by atoms with Crippen LogP contribution in [0.4, 0.5) is 0 Å². The van der Waals surface area contributed by atoms with Crippen molar-refractivity contribution in [1.82, 2.24) is 5.32 Å². The number of carbonyl (C=O) groups is 1. The van der Waals surface area contributed by atoms with Gasteiger partial charge in [-0.15, -0.1) is 0 Å². The minimum Gasteiger partial charge on any atom is -0.756 e. The average molecular weight is 773 g/mol. The molecule has 0 fully saturated rings. The molecule has 3 atom stereocenters. The van der Waals surface area contributed by atoms with E-state index >= 15 is 0 Å². The Bertz CT molecular complexity index is 1190. The molecule has 0 rings (SSSR count). The molecule has 0 aromatic carbocycles. The van der Waals surface area contributed by atoms with Crippen LogP contribution in [0.15, 0.2) is 97.2 Å². The second kappa shape index (κ2) is 36.1. The highest BCUT2D eigenvalue weighted by Crippen LogP contribution is 2.38. The topological polar surface area (TPSA) is 108 Å². The molecule has 0 aliphatic heterocycles. The summed E-state index contributed by atoms with van der Waals surface area (Å²) in [6, 6.07) is -0.948. The molecule has 0 saturated heterocycles. The molecule has 2 N–H and O–H groups in total. The Labute approximate surface area is 330 Å². The summed E-state index contributed by atoms with van der Waals surface area (Å²) in [5.74, 6) is -0.296. The number of hydrogen-bond donors (Lipinski definition) is 2. The van der Waals surface area contributed by atoms with Crippen LogP contribution < -0.4 is 10.2 Å². The van der Waals surface area contributed by atoms with Gasteiger partial charge in [0.2, 0.25) is 5.91 Å². The number of phosphoric acid groups is 1. The Morgan fingerprint density at radius 1 is 0.667 bits per heavy atom. The molecule has 308 valence electrons. The van der Waals surface area contributed by atoms with Crippen LogP contribution in [0.1, 0.15) is 129 Å². The number of amides is 1. The molecule has 0 aliphatic carbocycles. The zero-order valence-corrected chi connectivity index (χ0v) is 35.5. The summed E-state index contributed by atoms with van der Waals surface area (Å²) in [5.41, 5.74) is 0. The number of nitrogens with one attached hydrogen (secondary N) is 1. The molecular formula is C45H77N2O6P. The molecule has 54 heavy (non-hydrogen) atoms. The van der Waals surface area contributed by atoms with Gasteiger partial charge in [0, 0.05) is 6.42 Å². The van der Waals surface area contributed by atoms with Gasteiger partial charge in [0.15, 0.2) is 0 Å². The summed E-state index contributed by atoms with van der Waals surface area (Å²) in [6.45, 7) is 4.40. The highest BCUT2D eigenvalue weighted by atomic mass is 31.2. The number of rotatable bonds is 35. The maximum atomic E-state index is 12.8. The molecule has 0 bridgehead atoms. The molecule has 3 unspecified atom stereocenters. The van der Waals surface area contributed by atoms with Crippen molar-refractivity contribution in [3.05, 3.63) is 97.2 Å². The standard InChI is InChI=1S/C45H77N2O6P/c1-6-8-10-12-14-16-18-20-21-22-23-24-25-27-29-31-33-35-37-39-45(49)46-43(42-53-54(50,51)52-41-40-47(3,4)5)44(48)38-36-34-32-30-28-26-19-17-15-13-11-9-7-2/h8,10,14,16,20-21,23-24,27-30,33,35-36,38,43-44,48H,6-7,9,11-13,15,17-19,22,25-26,31-32,34,37,39-42H2,1-5H3,(H-,46,49,50,51)/b10-8-,16-14-,21-20-,24-23-,29-27-,30-28+,35-33-,38-36+. The van der Waals surface area contributed by atoms with Gasteiger partial charge in [-0.05, 0) is 70.6 Å². The number of allylic oxidation sites excluding steroid dienone is 15. The van der Waals surface area contributed by atoms with E-state index in [0.29, 0.717) is 17.4 Å². The number of aliphatic hydroxyl groups is 1. The van der Waals surface area contributed by atoms with Crippen molar-refractivity contribution in [2.75, 3.05) is 40.9 Å². The lowest BCUT2D eigenvalue weighted by Gasteiger charge is -2.29. The number of unbranched alkanes of at least 4 members (excludes halogenated alkanes) is 8. The molecule has 0 aromatic rings. The Hall–Kier alpha value is -2.58. The van der Waals surface area contributed by atoms with Crippen molar-refractivity contribution < 1.29 is 32.9 Å². The third-order valence-corrected chi connectivity index (χ3v) is 9.26. The number of carbonyl (C=O) groups excluding carboxylic acids is 1. The molecule has 0 radical (unpaired) electrons. The zero-order valence-electron chi connectivity index (χ0n) is 34.6. The first-order valence-electron chi connectivity index (χ1n) is 20.6. The van der Waals surface area contributed by atoms with Crippen LogP contribution in [0.5, 0.6) is 0 Å². The van der Waals surface area contributed by atoms with E-state index in [2.05, 4.69) is 92.1 Å². The third-order valence-electron chi connectivity index (χ3n) is 8.29. The highest BCUT2D eigenvalue weighted by Gasteiger charge is 2.23. The smallest absolute Gasteiger partial charge is 0.268 e. The van der Waals surface area contributed by atoms with E-state index in [4.69, 9.17) is 9.05 Å². The fourth-order valence-electron chi connectivity index (χ4n) is 5.01. The summed E-state index contributed by atoms with van der Waals surface area (Å²) >= 11 is 0. The van der Waals surface area contributed by atoms with Crippen LogP contribution in [0, 0.1) is 0 Å². The molecule has 0 heterocycles. The van der Waals surface area contributed by atoms with E-state index in [-0.39, 0.29) is 18.9 Å². The monoisotopic (exact) mass is 773 g/mol. The highest BCUT2D eigenvalue weighted by molar-refractivity contribution is 7.45. The lowest BCUT2D eigenvalue weighted by atomic mass is 10.1. The van der Waals surface area contributed by atoms with Crippen LogP contribution in [0.3, 0.4) is 0 Å². The quantitative estimate of drug-likeness (QED) is 0.0287. The fourth-order valence-corrected chi connectivity index (χ4v) is 5.73. The van der Waals surface area contributed by atoms with E-state index in [9.17, 15) is 19.4 Å². The predicted molar refractivity (Wildman–Crippen MR) is 228 cm³/mol. The number of quaternary nitrogens is 1. The van der Waals surface area contributed by atoms with Crippen molar-refractivity contribution >= 4 is 13.7 Å². The van der Waals surface area contributed by atoms with Crippen LogP contribution in [-0.2, 0) is 18.4 Å². The van der Waals surface area contributed by atoms with Crippen molar-refractivity contribution in [2.45, 2.75) is 142 Å². The van der Waals surface area contributed by atoms with Gasteiger partial charge in [-0.3, -0.25) is 9.36 Å². The van der Waals surface area contributed by atoms with Crippen molar-refractivity contribution in [3.8, 4) is 0 Å². The van der Waals surface area contributed by atoms with Crippen LogP contribution in [0.2, 0.25) is 0 Å². The van der Waals surface area contributed by atoms with Gasteiger partial charge in [0.05, 0.1) is 39.9 Å². The van der Waals surface area contributed by atoms with Crippen LogP contribution in [-0.4, -0.2) is 68.5 Å². The Kier molecular flexibility index (Phi) is 34.4. The van der Waals surface area contributed by atoms with E-state index in [1.54, 1.807) is 6.08 Å². The number of hydrogen-bond acceptors (Lipinski definition) is 6. The number of phosphoric ester groups is 1. The first-order chi connectivity index (χ1) is 26.0. The zero-order chi connectivity index (χ0) is 40.0. The van der Waals surface area contributed by atoms with E-state index in [0.717, 1.165) is 57.8 Å². The maximum Gasteiger partial charge on any atom is 0.268 e. The first kappa shape index (κ1) is 51.4. The molecule has 1 amide bonds. The molecule has 0 saturated carbocycles. The minimum atomic E-state index is -4.62. The van der Waals surface area contributed by atoms with E-state index in [1.807, 2.05) is 39.4 Å². The summed E-state index contributed by atoms with van der Waals surface area (Å²) in [6.07, 6.45) is 50.4. The van der Waals surface area contributed by atoms with Gasteiger partial charge < -0.3 is 28.8 Å². The van der Waals surface area contributed by atoms with Crippen molar-refractivity contribution in [2.24, 2.45) is 0 Å². The van der Waals surface area contributed by atoms with Gasteiger partial charge in [-0.2, -0.15) is 0 Å². The summed E-state index contributed by atoms with van der Waals surface area (Å²) in [5, 5.41) is 13.6. The fraction of sp³-hybridized carbons (Fsp3) is 0.622. The third kappa shape index (κ3) is 37.7. The van der Waals surface area contributed by atoms with Gasteiger partial charge in [-0.1, -0.05) is 150 Å². The number of likely N-dealkylation sites (N-methyl/N-ethyl adjacent to an activating group) is 1. The lowest BCUT2D eigenvalue weighted by molar-refractivity contribution is -0.870. The SMILES string of the molecule is CC/C=C\C/C=C\C/C=C\C/C=C\C/C=C\C/C=C\CCC(=O)NC(COP(=O)([O-])OCC[N+](C)(C)C)C(O)/C=C/CC/C=C/CCCCCCCCC. The summed E-state index contributed by atoms with van der Waals surface area (Å²) < 4.78 is 23.1. The summed E-state index contributed by atoms with van der Waals surface area (Å²) in [4.78, 5) is 25.2. The van der Waals surface area contributed by atoms with Gasteiger partial charge >= 0.3 is 0 Å². The number of nitrogens with zero attached hydrogens (tertiary/aromatic N) is 1. The van der Waals surface area contributed by atoms with Crippen LogP contribution in [0.25, 0.3) is 0 Å². The lowest BCUT2D eigenvalue weighted by Crippen LogP contribution is -2.45. The molecular weight excluding hydrogens is 695 g/mol. The van der Waals surface area contributed by atoms with Crippen LogP contribution >= 0.6 is 7.82 Å². The van der Waals surface area contributed by atoms with E-state index < -0.39 is 26.6 Å². The van der Waals surface area contributed by atoms with Gasteiger partial charge in [-0.25, -0.2) is 0 Å². The first-order valence-corrected chi connectivity index (χ1v) is 22.1.